The van der Waals surface area contributed by atoms with Gasteiger partial charge in [0.1, 0.15) is 0 Å². The van der Waals surface area contributed by atoms with Crippen molar-refractivity contribution in [3.05, 3.63) is 0 Å². The van der Waals surface area contributed by atoms with Crippen molar-refractivity contribution in [2.45, 2.75) is 5.60 Å². The molecule has 0 fully saturated rings. The molecule has 5 heteroatoms. The second-order valence-electron chi connectivity index (χ2n) is 1.63. The van der Waals surface area contributed by atoms with Crippen molar-refractivity contribution in [1.29, 1.82) is 0 Å². The third-order valence-corrected chi connectivity index (χ3v) is 1.32. The molecular weight excluding hydrogens is 147 g/mol. The summed E-state index contributed by atoms with van der Waals surface area (Å²) in [5.74, 6) is -2.03. The summed E-state index contributed by atoms with van der Waals surface area (Å²) in [5, 5.41) is 25.1. The summed E-state index contributed by atoms with van der Waals surface area (Å²) >= 11 is 5.01. The average molecular weight is 155 g/mol. The molecule has 1 atom stereocenters. The van der Waals surface area contributed by atoms with Crippen LogP contribution in [0.4, 0.5) is 0 Å². The van der Waals surface area contributed by atoms with Crippen molar-refractivity contribution in [3.63, 3.8) is 0 Å². The van der Waals surface area contributed by atoms with E-state index < -0.39 is 24.1 Å². The first kappa shape index (κ1) is 8.68. The Morgan fingerprint density at radius 2 is 2.11 bits per heavy atom. The van der Waals surface area contributed by atoms with Gasteiger partial charge in [0.05, 0.1) is 12.5 Å². The van der Waals surface area contributed by atoms with E-state index in [9.17, 15) is 4.79 Å². The summed E-state index contributed by atoms with van der Waals surface area (Å²) in [5.41, 5.74) is -2.18. The lowest BCUT2D eigenvalue weighted by Gasteiger charge is -2.15. The van der Waals surface area contributed by atoms with Gasteiger partial charge in [0.15, 0.2) is 5.60 Å². The number of halogens is 1. The molecule has 0 aliphatic rings. The van der Waals surface area contributed by atoms with Crippen LogP contribution in [-0.4, -0.2) is 39.4 Å². The maximum absolute atomic E-state index is 9.99. The van der Waals surface area contributed by atoms with Crippen LogP contribution in [0, 0.1) is 0 Å². The highest BCUT2D eigenvalue weighted by atomic mass is 35.5. The van der Waals surface area contributed by atoms with Crippen LogP contribution in [0.1, 0.15) is 0 Å². The van der Waals surface area contributed by atoms with E-state index in [1.54, 1.807) is 0 Å². The first-order valence-corrected chi connectivity index (χ1v) is 2.73. The van der Waals surface area contributed by atoms with Gasteiger partial charge in [-0.05, 0) is 0 Å². The van der Waals surface area contributed by atoms with Crippen LogP contribution in [0.25, 0.3) is 0 Å². The fourth-order valence-corrected chi connectivity index (χ4v) is 0.366. The average Bonchev–Trinajstić information content (AvgIpc) is 1.86. The van der Waals surface area contributed by atoms with Crippen LogP contribution in [0.15, 0.2) is 0 Å². The monoisotopic (exact) mass is 154 g/mol. The van der Waals surface area contributed by atoms with Crippen LogP contribution in [0.5, 0.6) is 0 Å². The smallest absolute Gasteiger partial charge is 0.339 e. The Labute approximate surface area is 56.7 Å². The Kier molecular flexibility index (Phi) is 2.90. The second-order valence-corrected chi connectivity index (χ2v) is 1.90. The Morgan fingerprint density at radius 3 is 2.11 bits per heavy atom. The summed E-state index contributed by atoms with van der Waals surface area (Å²) in [7, 11) is 0. The first-order valence-electron chi connectivity index (χ1n) is 2.19. The van der Waals surface area contributed by atoms with Gasteiger partial charge in [-0.1, -0.05) is 0 Å². The van der Waals surface area contributed by atoms with Crippen LogP contribution >= 0.6 is 11.6 Å². The molecule has 54 valence electrons. The Hall–Kier alpha value is -0.320. The van der Waals surface area contributed by atoms with Gasteiger partial charge in [0.25, 0.3) is 0 Å². The minimum absolute atomic E-state index is 0.515. The Balaban J connectivity index is 4.09. The topological polar surface area (TPSA) is 77.8 Å². The quantitative estimate of drug-likeness (QED) is 0.458. The molecule has 0 spiro atoms. The minimum Gasteiger partial charge on any atom is -0.479 e. The maximum Gasteiger partial charge on any atom is 0.339 e. The number of alkyl halides is 1. The van der Waals surface area contributed by atoms with E-state index in [4.69, 9.17) is 26.9 Å². The molecule has 4 nitrogen and oxygen atoms in total. The van der Waals surface area contributed by atoms with Crippen molar-refractivity contribution in [2.75, 3.05) is 12.5 Å². The molecular formula is C4H7ClO4. The molecule has 0 saturated carbocycles. The van der Waals surface area contributed by atoms with Crippen molar-refractivity contribution < 1.29 is 20.1 Å². The Morgan fingerprint density at radius 1 is 1.67 bits per heavy atom. The molecule has 0 aromatic carbocycles. The number of carboxylic acid groups (broad SMARTS) is 1. The minimum atomic E-state index is -2.18. The molecule has 0 rings (SSSR count). The molecule has 1 unspecified atom stereocenters. The van der Waals surface area contributed by atoms with Gasteiger partial charge >= 0.3 is 5.97 Å². The van der Waals surface area contributed by atoms with Crippen molar-refractivity contribution in [3.8, 4) is 0 Å². The third kappa shape index (κ3) is 1.82. The van der Waals surface area contributed by atoms with Crippen LogP contribution in [0.3, 0.4) is 0 Å². The van der Waals surface area contributed by atoms with Crippen LogP contribution in [0.2, 0.25) is 0 Å². The number of rotatable bonds is 3. The summed E-state index contributed by atoms with van der Waals surface area (Å²) in [6.45, 7) is -0.869. The molecule has 0 radical (unpaired) electrons. The number of carbonyl (C=O) groups is 1. The van der Waals surface area contributed by atoms with Crippen molar-refractivity contribution in [1.82, 2.24) is 0 Å². The molecule has 0 aliphatic carbocycles. The SMILES string of the molecule is O=C(O)C(O)(CO)CCl. The number of aliphatic carboxylic acids is 1. The highest BCUT2D eigenvalue weighted by molar-refractivity contribution is 6.20. The highest BCUT2D eigenvalue weighted by Gasteiger charge is 2.33. The van der Waals surface area contributed by atoms with Gasteiger partial charge in [-0.3, -0.25) is 0 Å². The van der Waals surface area contributed by atoms with Gasteiger partial charge in [-0.25, -0.2) is 4.79 Å². The number of aliphatic hydroxyl groups is 2. The Bertz CT molecular complexity index is 109. The van der Waals surface area contributed by atoms with Crippen molar-refractivity contribution >= 4 is 17.6 Å². The number of carboxylic acids is 1. The predicted octanol–water partition coefficient (Wildman–Crippen LogP) is -0.967. The second kappa shape index (κ2) is 3.00. The molecule has 9 heavy (non-hydrogen) atoms. The molecule has 0 heterocycles. The van der Waals surface area contributed by atoms with E-state index in [1.807, 2.05) is 0 Å². The van der Waals surface area contributed by atoms with E-state index in [-0.39, 0.29) is 0 Å². The zero-order chi connectivity index (χ0) is 7.49. The lowest BCUT2D eigenvalue weighted by atomic mass is 10.1. The summed E-state index contributed by atoms with van der Waals surface area (Å²) < 4.78 is 0. The lowest BCUT2D eigenvalue weighted by molar-refractivity contribution is -0.159. The zero-order valence-corrected chi connectivity index (χ0v) is 5.30. The number of aliphatic hydroxyl groups excluding tert-OH is 1. The van der Waals surface area contributed by atoms with E-state index in [1.165, 1.54) is 0 Å². The number of hydrogen-bond acceptors (Lipinski definition) is 3. The van der Waals surface area contributed by atoms with E-state index in [2.05, 4.69) is 0 Å². The highest BCUT2D eigenvalue weighted by Crippen LogP contribution is 2.05. The fraction of sp³-hybridized carbons (Fsp3) is 0.750. The molecule has 0 amide bonds. The van der Waals surface area contributed by atoms with Gasteiger partial charge in [0.2, 0.25) is 0 Å². The molecule has 0 aromatic rings. The van der Waals surface area contributed by atoms with Crippen molar-refractivity contribution in [2.24, 2.45) is 0 Å². The van der Waals surface area contributed by atoms with Gasteiger partial charge in [-0.2, -0.15) is 0 Å². The fourth-order valence-electron chi connectivity index (χ4n) is 0.167. The maximum atomic E-state index is 9.99. The molecule has 0 aliphatic heterocycles. The van der Waals surface area contributed by atoms with Crippen LogP contribution in [-0.2, 0) is 4.79 Å². The molecule has 3 N–H and O–H groups in total. The standard InChI is InChI=1S/C4H7ClO4/c5-1-4(9,2-6)3(7)8/h6,9H,1-2H2,(H,7,8). The van der Waals surface area contributed by atoms with Gasteiger partial charge in [-0.15, -0.1) is 11.6 Å². The normalized spacial score (nSPS) is 16.8. The predicted molar refractivity (Wildman–Crippen MR) is 30.4 cm³/mol. The zero-order valence-electron chi connectivity index (χ0n) is 4.54. The lowest BCUT2D eigenvalue weighted by Crippen LogP contribution is -2.44. The van der Waals surface area contributed by atoms with E-state index in [0.717, 1.165) is 0 Å². The first-order chi connectivity index (χ1) is 4.06. The van der Waals surface area contributed by atoms with Gasteiger partial charge in [0, 0.05) is 0 Å². The van der Waals surface area contributed by atoms with E-state index >= 15 is 0 Å². The number of hydrogen-bond donors (Lipinski definition) is 3. The summed E-state index contributed by atoms with van der Waals surface area (Å²) in [4.78, 5) is 9.99. The van der Waals surface area contributed by atoms with E-state index in [0.29, 0.717) is 0 Å². The summed E-state index contributed by atoms with van der Waals surface area (Å²) in [6.07, 6.45) is 0. The molecule has 0 bridgehead atoms. The van der Waals surface area contributed by atoms with Gasteiger partial charge < -0.3 is 15.3 Å². The summed E-state index contributed by atoms with van der Waals surface area (Å²) in [6, 6.07) is 0. The largest absolute Gasteiger partial charge is 0.479 e. The van der Waals surface area contributed by atoms with Crippen LogP contribution < -0.4 is 0 Å². The molecule has 0 saturated heterocycles. The molecule has 0 aromatic heterocycles. The third-order valence-electron chi connectivity index (χ3n) is 0.881.